The van der Waals surface area contributed by atoms with Crippen LogP contribution in [0.1, 0.15) is 29.2 Å². The number of hydrogen-bond donors (Lipinski definition) is 1. The first kappa shape index (κ1) is 22.2. The van der Waals surface area contributed by atoms with Crippen LogP contribution in [0.5, 0.6) is 5.75 Å². The second kappa shape index (κ2) is 9.57. The van der Waals surface area contributed by atoms with E-state index < -0.39 is 11.9 Å². The highest BCUT2D eigenvalue weighted by Crippen LogP contribution is 2.23. The van der Waals surface area contributed by atoms with Gasteiger partial charge in [-0.2, -0.15) is 0 Å². The Morgan fingerprint density at radius 1 is 1.32 bits per heavy atom. The van der Waals surface area contributed by atoms with E-state index >= 15 is 0 Å². The van der Waals surface area contributed by atoms with Crippen LogP contribution >= 0.6 is 11.3 Å². The van der Waals surface area contributed by atoms with Gasteiger partial charge in [0.2, 0.25) is 5.91 Å². The lowest BCUT2D eigenvalue weighted by molar-refractivity contribution is -0.116. The summed E-state index contributed by atoms with van der Waals surface area (Å²) in [5.74, 6) is -0.276. The standard InChI is InChI=1S/C22H23N3O5S/c1-5-10-29-21(28)19-14(4)23-22(31-19)24-18(26)12-25-9-8-15-11-16(30-13(2)3)6-7-17(15)20(25)27/h5-9,11,13H,1,10,12H2,2-4H3,(H,23,24,26). The number of carbonyl (C=O) groups excluding carboxylic acids is 2. The molecular weight excluding hydrogens is 418 g/mol. The molecule has 0 aliphatic rings. The molecule has 0 radical (unpaired) electrons. The maximum Gasteiger partial charge on any atom is 0.350 e. The van der Waals surface area contributed by atoms with Crippen LogP contribution in [-0.2, 0) is 16.1 Å². The number of thiazole rings is 1. The highest BCUT2D eigenvalue weighted by atomic mass is 32.1. The first-order valence-corrected chi connectivity index (χ1v) is 10.4. The third kappa shape index (κ3) is 5.37. The second-order valence-electron chi connectivity index (χ2n) is 7.03. The van der Waals surface area contributed by atoms with E-state index in [0.717, 1.165) is 16.7 Å². The number of nitrogens with zero attached hydrogens (tertiary/aromatic N) is 2. The molecule has 0 saturated carbocycles. The Kier molecular flexibility index (Phi) is 6.86. The fourth-order valence-electron chi connectivity index (χ4n) is 2.89. The van der Waals surface area contributed by atoms with Crippen LogP contribution < -0.4 is 15.6 Å². The molecule has 0 fully saturated rings. The number of amides is 1. The van der Waals surface area contributed by atoms with Crippen molar-refractivity contribution in [2.24, 2.45) is 0 Å². The largest absolute Gasteiger partial charge is 0.491 e. The molecule has 162 valence electrons. The van der Waals surface area contributed by atoms with Crippen LogP contribution in [0.2, 0.25) is 0 Å². The van der Waals surface area contributed by atoms with Gasteiger partial charge in [-0.15, -0.1) is 0 Å². The van der Waals surface area contributed by atoms with E-state index in [1.807, 2.05) is 13.8 Å². The lowest BCUT2D eigenvalue weighted by Gasteiger charge is -2.11. The lowest BCUT2D eigenvalue weighted by atomic mass is 10.1. The summed E-state index contributed by atoms with van der Waals surface area (Å²) < 4.78 is 12.0. The monoisotopic (exact) mass is 441 g/mol. The van der Waals surface area contributed by atoms with E-state index in [1.165, 1.54) is 10.6 Å². The molecule has 1 amide bonds. The van der Waals surface area contributed by atoms with Gasteiger partial charge in [0, 0.05) is 11.6 Å². The van der Waals surface area contributed by atoms with Crippen molar-refractivity contribution in [1.29, 1.82) is 0 Å². The molecule has 3 rings (SSSR count). The normalized spacial score (nSPS) is 10.8. The number of hydrogen-bond acceptors (Lipinski definition) is 7. The molecule has 0 spiro atoms. The number of nitrogens with one attached hydrogen (secondary N) is 1. The SMILES string of the molecule is C=CCOC(=O)c1sc(NC(=O)Cn2ccc3cc(OC(C)C)ccc3c2=O)nc1C. The summed E-state index contributed by atoms with van der Waals surface area (Å²) in [7, 11) is 0. The smallest absolute Gasteiger partial charge is 0.350 e. The number of rotatable bonds is 8. The molecule has 0 atom stereocenters. The van der Waals surface area contributed by atoms with Gasteiger partial charge in [0.05, 0.1) is 11.8 Å². The van der Waals surface area contributed by atoms with E-state index in [1.54, 1.807) is 37.4 Å². The quantitative estimate of drug-likeness (QED) is 0.424. The van der Waals surface area contributed by atoms with Gasteiger partial charge in [-0.1, -0.05) is 24.0 Å². The van der Waals surface area contributed by atoms with E-state index in [4.69, 9.17) is 9.47 Å². The van der Waals surface area contributed by atoms with Crippen molar-refractivity contribution in [3.05, 3.63) is 64.0 Å². The highest BCUT2D eigenvalue weighted by Gasteiger charge is 2.18. The number of benzene rings is 1. The molecule has 0 bridgehead atoms. The molecule has 2 heterocycles. The van der Waals surface area contributed by atoms with Gasteiger partial charge in [-0.05, 0) is 50.4 Å². The molecule has 0 aliphatic heterocycles. The van der Waals surface area contributed by atoms with Crippen molar-refractivity contribution < 1.29 is 19.1 Å². The zero-order valence-electron chi connectivity index (χ0n) is 17.5. The number of esters is 1. The molecule has 0 aliphatic carbocycles. The van der Waals surface area contributed by atoms with Gasteiger partial charge >= 0.3 is 5.97 Å². The van der Waals surface area contributed by atoms with Gasteiger partial charge in [0.15, 0.2) is 5.13 Å². The minimum absolute atomic E-state index is 0.0281. The highest BCUT2D eigenvalue weighted by molar-refractivity contribution is 7.17. The topological polar surface area (TPSA) is 99.5 Å². The summed E-state index contributed by atoms with van der Waals surface area (Å²) in [6.07, 6.45) is 3.06. The molecule has 1 aromatic carbocycles. The Balaban J connectivity index is 1.73. The van der Waals surface area contributed by atoms with Crippen LogP contribution in [0, 0.1) is 6.92 Å². The molecule has 31 heavy (non-hydrogen) atoms. The number of pyridine rings is 1. The Labute approximate surface area is 183 Å². The van der Waals surface area contributed by atoms with Crippen LogP contribution in [0.4, 0.5) is 5.13 Å². The van der Waals surface area contributed by atoms with Crippen LogP contribution in [-0.4, -0.2) is 34.1 Å². The summed E-state index contributed by atoms with van der Waals surface area (Å²) in [5, 5.41) is 4.11. The molecule has 2 aromatic heterocycles. The molecule has 0 saturated heterocycles. The van der Waals surface area contributed by atoms with Gasteiger partial charge in [0.25, 0.3) is 5.56 Å². The summed E-state index contributed by atoms with van der Waals surface area (Å²) in [5.41, 5.74) is 0.171. The van der Waals surface area contributed by atoms with Gasteiger partial charge in [-0.25, -0.2) is 9.78 Å². The predicted octanol–water partition coefficient (Wildman–Crippen LogP) is 3.54. The average molecular weight is 442 g/mol. The molecule has 8 nitrogen and oxygen atoms in total. The number of fused-ring (bicyclic) bond motifs is 1. The number of carbonyl (C=O) groups is 2. The first-order chi connectivity index (χ1) is 14.8. The van der Waals surface area contributed by atoms with E-state index in [-0.39, 0.29) is 29.9 Å². The fourth-order valence-corrected chi connectivity index (χ4v) is 3.77. The Hall–Kier alpha value is -3.46. The van der Waals surface area contributed by atoms with E-state index in [0.29, 0.717) is 21.7 Å². The minimum atomic E-state index is -0.526. The fraction of sp³-hybridized carbons (Fsp3) is 0.273. The van der Waals surface area contributed by atoms with Crippen molar-refractivity contribution in [3.63, 3.8) is 0 Å². The third-order valence-electron chi connectivity index (χ3n) is 4.19. The van der Waals surface area contributed by atoms with Crippen molar-refractivity contribution in [1.82, 2.24) is 9.55 Å². The number of anilines is 1. The molecule has 1 N–H and O–H groups in total. The van der Waals surface area contributed by atoms with Crippen molar-refractivity contribution in [3.8, 4) is 5.75 Å². The summed E-state index contributed by atoms with van der Waals surface area (Å²) in [4.78, 5) is 41.7. The summed E-state index contributed by atoms with van der Waals surface area (Å²) in [6.45, 7) is 8.91. The zero-order valence-corrected chi connectivity index (χ0v) is 18.3. The van der Waals surface area contributed by atoms with Crippen molar-refractivity contribution in [2.75, 3.05) is 11.9 Å². The number of aryl methyl sites for hydroxylation is 1. The van der Waals surface area contributed by atoms with Crippen molar-refractivity contribution >= 4 is 39.1 Å². The molecular formula is C22H23N3O5S. The van der Waals surface area contributed by atoms with Gasteiger partial charge in [0.1, 0.15) is 23.8 Å². The van der Waals surface area contributed by atoms with Crippen LogP contribution in [0.3, 0.4) is 0 Å². The zero-order chi connectivity index (χ0) is 22.5. The van der Waals surface area contributed by atoms with E-state index in [2.05, 4.69) is 16.9 Å². The second-order valence-corrected chi connectivity index (χ2v) is 8.03. The van der Waals surface area contributed by atoms with Crippen LogP contribution in [0.15, 0.2) is 47.9 Å². The maximum atomic E-state index is 12.8. The van der Waals surface area contributed by atoms with Crippen LogP contribution in [0.25, 0.3) is 10.8 Å². The molecule has 9 heteroatoms. The number of aromatic nitrogens is 2. The van der Waals surface area contributed by atoms with Gasteiger partial charge < -0.3 is 19.4 Å². The average Bonchev–Trinajstić information content (AvgIpc) is 3.07. The molecule has 0 unspecified atom stereocenters. The summed E-state index contributed by atoms with van der Waals surface area (Å²) in [6, 6.07) is 6.99. The van der Waals surface area contributed by atoms with Crippen molar-refractivity contribution in [2.45, 2.75) is 33.4 Å². The maximum absolute atomic E-state index is 12.8. The lowest BCUT2D eigenvalue weighted by Crippen LogP contribution is -2.27. The summed E-state index contributed by atoms with van der Waals surface area (Å²) >= 11 is 1.02. The molecule has 3 aromatic rings. The third-order valence-corrected chi connectivity index (χ3v) is 5.25. The Morgan fingerprint density at radius 2 is 2.10 bits per heavy atom. The Bertz CT molecular complexity index is 1200. The number of ether oxygens (including phenoxy) is 2. The minimum Gasteiger partial charge on any atom is -0.491 e. The van der Waals surface area contributed by atoms with Gasteiger partial charge in [-0.3, -0.25) is 9.59 Å². The van der Waals surface area contributed by atoms with E-state index in [9.17, 15) is 14.4 Å². The Morgan fingerprint density at radius 3 is 2.81 bits per heavy atom. The predicted molar refractivity (Wildman–Crippen MR) is 120 cm³/mol. The first-order valence-electron chi connectivity index (χ1n) is 9.63.